The molecule has 4 rings (SSSR count). The topological polar surface area (TPSA) is 90.0 Å². The van der Waals surface area contributed by atoms with Crippen molar-refractivity contribution in [3.8, 4) is 0 Å². The van der Waals surface area contributed by atoms with Crippen LogP contribution in [0.4, 0.5) is 13.2 Å². The van der Waals surface area contributed by atoms with Crippen molar-refractivity contribution < 1.29 is 32.7 Å². The molecule has 0 aliphatic carbocycles. The van der Waals surface area contributed by atoms with Crippen molar-refractivity contribution in [3.63, 3.8) is 0 Å². The van der Waals surface area contributed by atoms with Crippen molar-refractivity contribution in [2.24, 2.45) is 17.8 Å². The summed E-state index contributed by atoms with van der Waals surface area (Å²) in [7, 11) is 0. The number of halogens is 4. The van der Waals surface area contributed by atoms with Crippen LogP contribution in [0, 0.1) is 17.8 Å². The largest absolute Gasteiger partial charge is 0.490 e. The first-order chi connectivity index (χ1) is 16.9. The molecule has 7 nitrogen and oxygen atoms in total. The molecule has 3 atom stereocenters. The molecule has 3 fully saturated rings. The number of carboxylic acid groups (broad SMARTS) is 1. The van der Waals surface area contributed by atoms with Gasteiger partial charge in [0.15, 0.2) is 0 Å². The van der Waals surface area contributed by atoms with Crippen LogP contribution in [-0.2, 0) is 20.8 Å². The molecular weight excluding hydrogens is 499 g/mol. The third kappa shape index (κ3) is 6.51. The van der Waals surface area contributed by atoms with Gasteiger partial charge < -0.3 is 20.2 Å². The molecule has 3 saturated heterocycles. The number of benzene rings is 1. The number of nitrogens with zero attached hydrogens (tertiary/aromatic N) is 2. The summed E-state index contributed by atoms with van der Waals surface area (Å²) in [6.07, 6.45) is -1.86. The number of carboxylic acids is 1. The number of rotatable bonds is 5. The van der Waals surface area contributed by atoms with Gasteiger partial charge in [-0.2, -0.15) is 13.2 Å². The quantitative estimate of drug-likeness (QED) is 0.606. The van der Waals surface area contributed by atoms with E-state index in [1.165, 1.54) is 6.42 Å². The van der Waals surface area contributed by atoms with E-state index < -0.39 is 12.1 Å². The zero-order valence-corrected chi connectivity index (χ0v) is 21.2. The second kappa shape index (κ2) is 11.4. The Kier molecular flexibility index (Phi) is 8.93. The normalized spacial score (nSPS) is 24.1. The third-order valence-corrected chi connectivity index (χ3v) is 8.00. The first-order valence-corrected chi connectivity index (χ1v) is 12.6. The lowest BCUT2D eigenvalue weighted by Gasteiger charge is -2.43. The van der Waals surface area contributed by atoms with Gasteiger partial charge in [0.2, 0.25) is 11.8 Å². The Morgan fingerprint density at radius 1 is 1.22 bits per heavy atom. The summed E-state index contributed by atoms with van der Waals surface area (Å²) in [5.41, 5.74) is 0.748. The Labute approximate surface area is 214 Å². The molecule has 1 aromatic rings. The van der Waals surface area contributed by atoms with Gasteiger partial charge in [0, 0.05) is 49.2 Å². The molecule has 1 aromatic carbocycles. The van der Waals surface area contributed by atoms with Crippen LogP contribution in [0.1, 0.15) is 38.7 Å². The molecule has 3 aliphatic rings. The van der Waals surface area contributed by atoms with Crippen LogP contribution in [0.5, 0.6) is 0 Å². The van der Waals surface area contributed by atoms with Crippen LogP contribution >= 0.6 is 11.6 Å². The molecule has 2 amide bonds. The smallest absolute Gasteiger partial charge is 0.475 e. The van der Waals surface area contributed by atoms with Crippen molar-refractivity contribution in [2.75, 3.05) is 32.7 Å². The average molecular weight is 532 g/mol. The predicted octanol–water partition coefficient (Wildman–Crippen LogP) is 3.60. The highest BCUT2D eigenvalue weighted by Crippen LogP contribution is 2.44. The van der Waals surface area contributed by atoms with Gasteiger partial charge in [-0.05, 0) is 30.4 Å². The van der Waals surface area contributed by atoms with E-state index in [-0.39, 0.29) is 23.3 Å². The maximum absolute atomic E-state index is 12.8. The summed E-state index contributed by atoms with van der Waals surface area (Å²) in [5.74, 6) is -1.26. The number of likely N-dealkylation sites (tertiary alicyclic amines) is 2. The molecule has 36 heavy (non-hydrogen) atoms. The standard InChI is InChI=1S/C23H32ClN3O2.C2HF3O2/c1-3-16(2)13-26-14-18-19(15-26)23(25-22(18)29)8-10-27(11-9-23)21(28)12-17-6-4-5-7-20(17)24;3-2(4,5)1(6)7/h4-7,16,18-19H,3,8-15H2,1-2H3,(H,25,29);(H,6,7)/t16?,18-,19+;/m1./s1. The van der Waals surface area contributed by atoms with E-state index in [9.17, 15) is 22.8 Å². The number of fused-ring (bicyclic) bond motifs is 2. The van der Waals surface area contributed by atoms with E-state index in [4.69, 9.17) is 21.5 Å². The van der Waals surface area contributed by atoms with Crippen LogP contribution in [-0.4, -0.2) is 77.1 Å². The molecule has 0 saturated carbocycles. The lowest BCUT2D eigenvalue weighted by molar-refractivity contribution is -0.192. The van der Waals surface area contributed by atoms with Gasteiger partial charge in [-0.15, -0.1) is 0 Å². The van der Waals surface area contributed by atoms with E-state index in [1.54, 1.807) is 0 Å². The van der Waals surface area contributed by atoms with Gasteiger partial charge in [-0.25, -0.2) is 4.79 Å². The number of amides is 2. The van der Waals surface area contributed by atoms with Gasteiger partial charge in [0.25, 0.3) is 0 Å². The van der Waals surface area contributed by atoms with E-state index in [0.717, 1.165) is 38.0 Å². The second-order valence-corrected chi connectivity index (χ2v) is 10.4. The van der Waals surface area contributed by atoms with Crippen molar-refractivity contribution in [1.29, 1.82) is 0 Å². The highest BCUT2D eigenvalue weighted by atomic mass is 35.5. The number of nitrogens with one attached hydrogen (secondary N) is 1. The molecular formula is C25H33ClF3N3O4. The Morgan fingerprint density at radius 2 is 1.83 bits per heavy atom. The summed E-state index contributed by atoms with van der Waals surface area (Å²) >= 11 is 6.22. The zero-order chi connectivity index (χ0) is 26.7. The molecule has 3 aliphatic heterocycles. The third-order valence-electron chi connectivity index (χ3n) is 7.63. The molecule has 0 bridgehead atoms. The SMILES string of the molecule is CCC(C)CN1C[C@H]2C(=O)NC3(CCN(C(=O)Cc4ccccc4Cl)CC3)[C@H]2C1.O=C(O)C(F)(F)F. The average Bonchev–Trinajstić information content (AvgIpc) is 3.34. The highest BCUT2D eigenvalue weighted by molar-refractivity contribution is 6.31. The Hall–Kier alpha value is -2.33. The number of piperidine rings is 1. The lowest BCUT2D eigenvalue weighted by atomic mass is 9.75. The minimum Gasteiger partial charge on any atom is -0.475 e. The monoisotopic (exact) mass is 531 g/mol. The number of alkyl halides is 3. The molecule has 0 radical (unpaired) electrons. The second-order valence-electron chi connectivity index (χ2n) is 10.0. The van der Waals surface area contributed by atoms with E-state index in [0.29, 0.717) is 36.4 Å². The number of carbonyl (C=O) groups excluding carboxylic acids is 2. The van der Waals surface area contributed by atoms with Crippen molar-refractivity contribution >= 4 is 29.4 Å². The fourth-order valence-electron chi connectivity index (χ4n) is 5.43. The van der Waals surface area contributed by atoms with Crippen LogP contribution in [0.25, 0.3) is 0 Å². The summed E-state index contributed by atoms with van der Waals surface area (Å²) in [5, 5.41) is 11.1. The van der Waals surface area contributed by atoms with Gasteiger partial charge >= 0.3 is 12.1 Å². The van der Waals surface area contributed by atoms with E-state index >= 15 is 0 Å². The van der Waals surface area contributed by atoms with E-state index in [1.807, 2.05) is 29.2 Å². The summed E-state index contributed by atoms with van der Waals surface area (Å²) in [6, 6.07) is 7.54. The molecule has 1 spiro atoms. The maximum Gasteiger partial charge on any atom is 0.490 e. The Balaban J connectivity index is 0.000000454. The van der Waals surface area contributed by atoms with Gasteiger partial charge in [-0.1, -0.05) is 50.1 Å². The molecule has 11 heteroatoms. The predicted molar refractivity (Wildman–Crippen MR) is 128 cm³/mol. The number of carbonyl (C=O) groups is 3. The molecule has 0 aromatic heterocycles. The molecule has 3 heterocycles. The Morgan fingerprint density at radius 3 is 2.39 bits per heavy atom. The number of hydrogen-bond donors (Lipinski definition) is 2. The Bertz CT molecular complexity index is 966. The van der Waals surface area contributed by atoms with E-state index in [2.05, 4.69) is 24.1 Å². The van der Waals surface area contributed by atoms with Crippen LogP contribution in [0.15, 0.2) is 24.3 Å². The first-order valence-electron chi connectivity index (χ1n) is 12.2. The highest BCUT2D eigenvalue weighted by Gasteiger charge is 2.57. The summed E-state index contributed by atoms with van der Waals surface area (Å²) in [4.78, 5) is 38.8. The van der Waals surface area contributed by atoms with Gasteiger partial charge in [-0.3, -0.25) is 9.59 Å². The first kappa shape index (κ1) is 28.2. The number of aliphatic carboxylic acids is 1. The lowest BCUT2D eigenvalue weighted by Crippen LogP contribution is -2.56. The molecule has 1 unspecified atom stereocenters. The molecule has 2 N–H and O–H groups in total. The van der Waals surface area contributed by atoms with Crippen molar-refractivity contribution in [1.82, 2.24) is 15.1 Å². The zero-order valence-electron chi connectivity index (χ0n) is 20.5. The fourth-order valence-corrected chi connectivity index (χ4v) is 5.63. The van der Waals surface area contributed by atoms with Crippen molar-refractivity contribution in [3.05, 3.63) is 34.9 Å². The van der Waals surface area contributed by atoms with Crippen molar-refractivity contribution in [2.45, 2.75) is 51.2 Å². The minimum absolute atomic E-state index is 0.115. The van der Waals surface area contributed by atoms with Crippen LogP contribution < -0.4 is 5.32 Å². The fraction of sp³-hybridized carbons (Fsp3) is 0.640. The van der Waals surface area contributed by atoms with Crippen LogP contribution in [0.3, 0.4) is 0 Å². The summed E-state index contributed by atoms with van der Waals surface area (Å²) in [6.45, 7) is 8.89. The van der Waals surface area contributed by atoms with Gasteiger partial charge in [0.05, 0.1) is 12.3 Å². The minimum atomic E-state index is -5.08. The van der Waals surface area contributed by atoms with Crippen LogP contribution in [0.2, 0.25) is 5.02 Å². The molecule has 200 valence electrons. The maximum atomic E-state index is 12.8. The van der Waals surface area contributed by atoms with Gasteiger partial charge in [0.1, 0.15) is 0 Å². The summed E-state index contributed by atoms with van der Waals surface area (Å²) < 4.78 is 31.7. The number of hydrogen-bond acceptors (Lipinski definition) is 4.